The van der Waals surface area contributed by atoms with Gasteiger partial charge in [-0.05, 0) is 43.5 Å². The Morgan fingerprint density at radius 2 is 1.76 bits per heavy atom. The number of halogens is 2. The predicted octanol–water partition coefficient (Wildman–Crippen LogP) is 3.86. The minimum atomic E-state index is -1.01. The molecule has 3 aromatic rings. The van der Waals surface area contributed by atoms with Crippen LogP contribution < -0.4 is 5.32 Å². The molecule has 6 nitrogen and oxygen atoms in total. The smallest absolute Gasteiger partial charge is 0.317 e. The molecule has 0 radical (unpaired) electrons. The number of hydrogen-bond donors (Lipinski definition) is 2. The maximum atomic E-state index is 15.3. The Morgan fingerprint density at radius 1 is 1.06 bits per heavy atom. The van der Waals surface area contributed by atoms with E-state index in [1.54, 1.807) is 7.05 Å². The number of hydrogen-bond acceptors (Lipinski definition) is 3. The largest absolute Gasteiger partial charge is 0.324 e. The first-order chi connectivity index (χ1) is 15.9. The van der Waals surface area contributed by atoms with Gasteiger partial charge in [-0.3, -0.25) is 15.2 Å². The maximum Gasteiger partial charge on any atom is 0.324 e. The van der Waals surface area contributed by atoms with E-state index in [2.05, 4.69) is 27.4 Å². The van der Waals surface area contributed by atoms with Gasteiger partial charge < -0.3 is 4.90 Å². The number of aromatic amines is 1. The molecule has 1 atom stereocenters. The van der Waals surface area contributed by atoms with Gasteiger partial charge >= 0.3 is 6.03 Å². The summed E-state index contributed by atoms with van der Waals surface area (Å²) in [7, 11) is 1.59. The fourth-order valence-electron chi connectivity index (χ4n) is 4.80. The van der Waals surface area contributed by atoms with E-state index in [4.69, 9.17) is 0 Å². The Hall–Kier alpha value is -3.99. The van der Waals surface area contributed by atoms with E-state index in [9.17, 15) is 9.59 Å². The summed E-state index contributed by atoms with van der Waals surface area (Å²) in [5.41, 5.74) is 0.871. The zero-order valence-electron chi connectivity index (χ0n) is 17.8. The van der Waals surface area contributed by atoms with Crippen LogP contribution in [0.4, 0.5) is 13.6 Å². The summed E-state index contributed by atoms with van der Waals surface area (Å²) in [6, 6.07) is 10.9. The molecule has 166 valence electrons. The van der Waals surface area contributed by atoms with Crippen LogP contribution in [-0.4, -0.2) is 34.1 Å². The van der Waals surface area contributed by atoms with Gasteiger partial charge in [0.2, 0.25) is 5.91 Å². The van der Waals surface area contributed by atoms with Gasteiger partial charge in [0.15, 0.2) is 0 Å². The lowest BCUT2D eigenvalue weighted by Gasteiger charge is -2.47. The molecule has 1 aliphatic carbocycles. The van der Waals surface area contributed by atoms with Crippen LogP contribution in [-0.2, 0) is 16.8 Å². The molecule has 8 heteroatoms. The molecular formula is C25H20F2N4O2. The quantitative estimate of drug-likeness (QED) is 0.558. The SMILES string of the molecule is CN1C(=O)NC(=O)C[C@]12CCCc1[nH]nc(-c3c(F)cc(C#Cc4ccccc4)cc3F)c12. The number of H-pyrrole nitrogens is 1. The molecule has 33 heavy (non-hydrogen) atoms. The lowest BCUT2D eigenvalue weighted by molar-refractivity contribution is -0.125. The Kier molecular flexibility index (Phi) is 4.97. The monoisotopic (exact) mass is 446 g/mol. The highest BCUT2D eigenvalue weighted by molar-refractivity contribution is 5.98. The number of aryl methyl sites for hydroxylation is 1. The van der Waals surface area contributed by atoms with Crippen molar-refractivity contribution in [2.24, 2.45) is 0 Å². The number of urea groups is 1. The van der Waals surface area contributed by atoms with Gasteiger partial charge in [-0.15, -0.1) is 0 Å². The molecule has 3 amide bonds. The van der Waals surface area contributed by atoms with Crippen molar-refractivity contribution in [3.05, 3.63) is 76.5 Å². The van der Waals surface area contributed by atoms with Crippen molar-refractivity contribution in [2.45, 2.75) is 31.2 Å². The number of aromatic nitrogens is 2. The summed E-state index contributed by atoms with van der Waals surface area (Å²) in [6.07, 6.45) is 1.81. The van der Waals surface area contributed by atoms with E-state index in [1.165, 1.54) is 17.0 Å². The number of imide groups is 1. The van der Waals surface area contributed by atoms with Crippen LogP contribution >= 0.6 is 0 Å². The second-order valence-electron chi connectivity index (χ2n) is 8.33. The Bertz CT molecular complexity index is 1320. The number of nitrogens with zero attached hydrogens (tertiary/aromatic N) is 2. The summed E-state index contributed by atoms with van der Waals surface area (Å²) in [6.45, 7) is 0. The molecule has 1 aromatic heterocycles. The highest BCUT2D eigenvalue weighted by Gasteiger charge is 2.50. The molecule has 2 aromatic carbocycles. The van der Waals surface area contributed by atoms with Crippen LogP contribution in [0.3, 0.4) is 0 Å². The van der Waals surface area contributed by atoms with Crippen molar-refractivity contribution in [3.8, 4) is 23.1 Å². The van der Waals surface area contributed by atoms with Gasteiger partial charge in [-0.1, -0.05) is 30.0 Å². The summed E-state index contributed by atoms with van der Waals surface area (Å²) in [5.74, 6) is 3.63. The standard InChI is InChI=1S/C25H20F2N4O2/c1-31-24(33)28-20(32)14-25(31)11-5-8-19-22(25)23(30-29-19)21-17(26)12-16(13-18(21)27)10-9-15-6-3-2-4-7-15/h2-4,6-7,12-13H,5,8,11,14H2,1H3,(H,29,30)(H,28,32,33)/t25-/m0/s1. The van der Waals surface area contributed by atoms with Crippen molar-refractivity contribution in [3.63, 3.8) is 0 Å². The topological polar surface area (TPSA) is 78.1 Å². The molecule has 1 fully saturated rings. The number of nitrogens with one attached hydrogen (secondary N) is 2. The molecule has 2 aliphatic rings. The minimum Gasteiger partial charge on any atom is -0.317 e. The van der Waals surface area contributed by atoms with Crippen LogP contribution in [0.2, 0.25) is 0 Å². The Labute approximate surface area is 189 Å². The lowest BCUT2D eigenvalue weighted by Crippen LogP contribution is -2.60. The van der Waals surface area contributed by atoms with Crippen molar-refractivity contribution in [2.75, 3.05) is 7.05 Å². The minimum absolute atomic E-state index is 0.00134. The Balaban J connectivity index is 1.61. The van der Waals surface area contributed by atoms with E-state index in [-0.39, 0.29) is 23.2 Å². The summed E-state index contributed by atoms with van der Waals surface area (Å²) >= 11 is 0. The summed E-state index contributed by atoms with van der Waals surface area (Å²) in [4.78, 5) is 26.2. The van der Waals surface area contributed by atoms with Gasteiger partial charge in [0, 0.05) is 29.4 Å². The number of amides is 3. The van der Waals surface area contributed by atoms with E-state index in [0.29, 0.717) is 30.5 Å². The first kappa shape index (κ1) is 20.9. The molecule has 1 aliphatic heterocycles. The van der Waals surface area contributed by atoms with Crippen LogP contribution in [0, 0.1) is 23.5 Å². The molecule has 0 bridgehead atoms. The summed E-state index contributed by atoms with van der Waals surface area (Å²) < 4.78 is 30.5. The average molecular weight is 446 g/mol. The zero-order chi connectivity index (χ0) is 23.2. The van der Waals surface area contributed by atoms with Gasteiger partial charge in [0.1, 0.15) is 17.3 Å². The Morgan fingerprint density at radius 3 is 2.48 bits per heavy atom. The van der Waals surface area contributed by atoms with Gasteiger partial charge in [0.05, 0.1) is 17.5 Å². The molecule has 0 unspecified atom stereocenters. The molecule has 1 spiro atoms. The van der Waals surface area contributed by atoms with Gasteiger partial charge in [-0.2, -0.15) is 5.10 Å². The molecule has 5 rings (SSSR count). The third kappa shape index (κ3) is 3.46. The fourth-order valence-corrected chi connectivity index (χ4v) is 4.80. The van der Waals surface area contributed by atoms with E-state index in [1.807, 2.05) is 30.3 Å². The zero-order valence-corrected chi connectivity index (χ0v) is 17.8. The normalized spacial score (nSPS) is 19.7. The number of rotatable bonds is 1. The van der Waals surface area contributed by atoms with Gasteiger partial charge in [0.25, 0.3) is 0 Å². The van der Waals surface area contributed by atoms with E-state index >= 15 is 8.78 Å². The highest BCUT2D eigenvalue weighted by atomic mass is 19.1. The molecule has 0 saturated carbocycles. The lowest BCUT2D eigenvalue weighted by atomic mass is 9.73. The van der Waals surface area contributed by atoms with Gasteiger partial charge in [-0.25, -0.2) is 13.6 Å². The van der Waals surface area contributed by atoms with Crippen LogP contribution in [0.1, 0.15) is 41.6 Å². The van der Waals surface area contributed by atoms with Crippen LogP contribution in [0.5, 0.6) is 0 Å². The van der Waals surface area contributed by atoms with Crippen molar-refractivity contribution < 1.29 is 18.4 Å². The first-order valence-electron chi connectivity index (χ1n) is 10.6. The predicted molar refractivity (Wildman–Crippen MR) is 117 cm³/mol. The maximum absolute atomic E-state index is 15.3. The van der Waals surface area contributed by atoms with Crippen molar-refractivity contribution in [1.29, 1.82) is 0 Å². The third-order valence-electron chi connectivity index (χ3n) is 6.37. The van der Waals surface area contributed by atoms with E-state index < -0.39 is 29.1 Å². The molecular weight excluding hydrogens is 426 g/mol. The molecule has 2 N–H and O–H groups in total. The summed E-state index contributed by atoms with van der Waals surface area (Å²) in [5, 5.41) is 9.41. The van der Waals surface area contributed by atoms with Crippen LogP contribution in [0.15, 0.2) is 42.5 Å². The number of benzene rings is 2. The number of fused-ring (bicyclic) bond motifs is 2. The highest BCUT2D eigenvalue weighted by Crippen LogP contribution is 2.47. The average Bonchev–Trinajstić information content (AvgIpc) is 3.21. The first-order valence-corrected chi connectivity index (χ1v) is 10.6. The van der Waals surface area contributed by atoms with E-state index in [0.717, 1.165) is 5.56 Å². The number of carbonyl (C=O) groups is 2. The van der Waals surface area contributed by atoms with Crippen molar-refractivity contribution in [1.82, 2.24) is 20.4 Å². The van der Waals surface area contributed by atoms with Crippen LogP contribution in [0.25, 0.3) is 11.3 Å². The number of carbonyl (C=O) groups excluding carboxylic acids is 2. The molecule has 1 saturated heterocycles. The van der Waals surface area contributed by atoms with Crippen molar-refractivity contribution >= 4 is 11.9 Å². The third-order valence-corrected chi connectivity index (χ3v) is 6.37. The molecule has 2 heterocycles. The fraction of sp³-hybridized carbons (Fsp3) is 0.240. The second kappa shape index (κ2) is 7.85. The second-order valence-corrected chi connectivity index (χ2v) is 8.33.